The Morgan fingerprint density at radius 3 is 1.44 bits per heavy atom. The van der Waals surface area contributed by atoms with Crippen LogP contribution in [-0.4, -0.2) is 48.9 Å². The Balaban J connectivity index is 4.12. The number of unbranched alkanes of at least 4 members (excludes halogenated alkanes) is 23. The molecule has 0 saturated carbocycles. The highest BCUT2D eigenvalue weighted by Gasteiger charge is 2.24. The normalized spacial score (nSPS) is 13.5. The number of hydrogen-bond acceptors (Lipinski definition) is 7. The van der Waals surface area contributed by atoms with Gasteiger partial charge in [-0.3, -0.25) is 14.2 Å². The topological polar surface area (TPSA) is 125 Å². The first-order chi connectivity index (χ1) is 23.3. The summed E-state index contributed by atoms with van der Waals surface area (Å²) in [7, 11) is -3.90. The number of hydrogen-bond donors (Lipinski definition) is 2. The third-order valence-electron chi connectivity index (χ3n) is 8.73. The highest BCUT2D eigenvalue weighted by atomic mass is 31.2. The molecule has 9 heteroatoms. The van der Waals surface area contributed by atoms with Crippen LogP contribution in [0.5, 0.6) is 0 Å². The monoisotopic (exact) mass is 702 g/mol. The summed E-state index contributed by atoms with van der Waals surface area (Å²) in [5.41, 5.74) is 5.40. The molecule has 0 radical (unpaired) electrons. The molecule has 0 aliphatic heterocycles. The van der Waals surface area contributed by atoms with E-state index in [0.29, 0.717) is 12.8 Å². The maximum atomic E-state index is 12.5. The van der Waals surface area contributed by atoms with Gasteiger partial charge in [-0.15, -0.1) is 0 Å². The van der Waals surface area contributed by atoms with Crippen LogP contribution in [0.1, 0.15) is 194 Å². The molecule has 3 N–H and O–H groups in total. The maximum Gasteiger partial charge on any atom is 0.329 e. The fraction of sp³-hybridized carbons (Fsp3) is 0.897. The Labute approximate surface area is 295 Å². The average molecular weight is 702 g/mol. The standard InChI is InChI=1S/C39H76NO7P/c1-3-5-7-9-11-13-15-17-18-20-22-24-26-28-30-32-39(42)47-37(36-46-48(43,44)34-33-40)35-45-38(41)31-29-27-25-23-21-19-16-14-12-10-8-6-4-2/h17-18,37H,3-16,19-36,40H2,1-2H3,(H,43,44)/b18-17-. The summed E-state index contributed by atoms with van der Waals surface area (Å²) in [6, 6.07) is 0. The molecule has 8 nitrogen and oxygen atoms in total. The molecule has 0 rings (SSSR count). The van der Waals surface area contributed by atoms with Crippen LogP contribution in [0.25, 0.3) is 0 Å². The quantitative estimate of drug-likeness (QED) is 0.0284. The van der Waals surface area contributed by atoms with Crippen LogP contribution in [0.2, 0.25) is 0 Å². The molecule has 0 spiro atoms. The van der Waals surface area contributed by atoms with Crippen molar-refractivity contribution < 1.29 is 33.0 Å². The van der Waals surface area contributed by atoms with Crippen molar-refractivity contribution in [1.82, 2.24) is 0 Å². The average Bonchev–Trinajstić information content (AvgIpc) is 3.06. The van der Waals surface area contributed by atoms with E-state index in [-0.39, 0.29) is 38.3 Å². The van der Waals surface area contributed by atoms with Crippen LogP contribution in [0.4, 0.5) is 0 Å². The van der Waals surface area contributed by atoms with Crippen LogP contribution < -0.4 is 5.73 Å². The predicted molar refractivity (Wildman–Crippen MR) is 200 cm³/mol. The van der Waals surface area contributed by atoms with Gasteiger partial charge in [-0.2, -0.15) is 0 Å². The van der Waals surface area contributed by atoms with E-state index in [9.17, 15) is 19.0 Å². The highest BCUT2D eigenvalue weighted by Crippen LogP contribution is 2.41. The van der Waals surface area contributed by atoms with E-state index in [1.807, 2.05) is 0 Å². The molecule has 0 aromatic carbocycles. The zero-order valence-electron chi connectivity index (χ0n) is 31.3. The Bertz CT molecular complexity index is 807. The lowest BCUT2D eigenvalue weighted by molar-refractivity contribution is -0.161. The van der Waals surface area contributed by atoms with Gasteiger partial charge in [0.05, 0.1) is 12.8 Å². The summed E-state index contributed by atoms with van der Waals surface area (Å²) < 4.78 is 28.1. The van der Waals surface area contributed by atoms with Gasteiger partial charge in [0.25, 0.3) is 0 Å². The number of esters is 2. The van der Waals surface area contributed by atoms with Crippen LogP contribution in [0, 0.1) is 0 Å². The first-order valence-electron chi connectivity index (χ1n) is 20.0. The SMILES string of the molecule is CCCCCCCC/C=C\CCCCCCCC(=O)OC(COC(=O)CCCCCCCCCCCCCCC)COP(=O)(O)CCN. The van der Waals surface area contributed by atoms with Crippen molar-refractivity contribution in [2.45, 2.75) is 200 Å². The van der Waals surface area contributed by atoms with Gasteiger partial charge in [-0.25, -0.2) is 0 Å². The van der Waals surface area contributed by atoms with Gasteiger partial charge in [0.1, 0.15) is 6.61 Å². The summed E-state index contributed by atoms with van der Waals surface area (Å²) in [5, 5.41) is 0. The number of rotatable bonds is 37. The largest absolute Gasteiger partial charge is 0.462 e. The van der Waals surface area contributed by atoms with Crippen LogP contribution in [0.15, 0.2) is 12.2 Å². The second-order valence-electron chi connectivity index (χ2n) is 13.6. The van der Waals surface area contributed by atoms with Crippen LogP contribution in [0.3, 0.4) is 0 Å². The van der Waals surface area contributed by atoms with Crippen molar-refractivity contribution in [3.8, 4) is 0 Å². The minimum atomic E-state index is -3.90. The summed E-state index contributed by atoms with van der Waals surface area (Å²) in [6.07, 6.45) is 35.4. The van der Waals surface area contributed by atoms with E-state index in [1.54, 1.807) is 0 Å². The van der Waals surface area contributed by atoms with Crippen molar-refractivity contribution in [3.05, 3.63) is 12.2 Å². The van der Waals surface area contributed by atoms with E-state index in [2.05, 4.69) is 26.0 Å². The minimum Gasteiger partial charge on any atom is -0.462 e. The van der Waals surface area contributed by atoms with Gasteiger partial charge in [0, 0.05) is 19.4 Å². The Hall–Kier alpha value is -1.21. The molecule has 0 heterocycles. The molecule has 0 aromatic rings. The molecule has 0 fully saturated rings. The first-order valence-corrected chi connectivity index (χ1v) is 21.8. The molecule has 0 aromatic heterocycles. The van der Waals surface area contributed by atoms with Gasteiger partial charge < -0.3 is 24.6 Å². The molecule has 2 unspecified atom stereocenters. The third kappa shape index (κ3) is 34.6. The molecule has 0 amide bonds. The zero-order chi connectivity index (χ0) is 35.4. The van der Waals surface area contributed by atoms with Crippen molar-refractivity contribution in [3.63, 3.8) is 0 Å². The van der Waals surface area contributed by atoms with Crippen molar-refractivity contribution in [2.24, 2.45) is 5.73 Å². The fourth-order valence-corrected chi connectivity index (χ4v) is 6.53. The predicted octanol–water partition coefficient (Wildman–Crippen LogP) is 11.1. The number of nitrogens with two attached hydrogens (primary N) is 1. The smallest absolute Gasteiger partial charge is 0.329 e. The Kier molecular flexibility index (Phi) is 34.7. The summed E-state index contributed by atoms with van der Waals surface area (Å²) in [4.78, 5) is 34.8. The molecule has 48 heavy (non-hydrogen) atoms. The molecule has 0 bridgehead atoms. The maximum absolute atomic E-state index is 12.5. The molecular weight excluding hydrogens is 625 g/mol. The first kappa shape index (κ1) is 46.8. The summed E-state index contributed by atoms with van der Waals surface area (Å²) >= 11 is 0. The lowest BCUT2D eigenvalue weighted by atomic mass is 10.0. The minimum absolute atomic E-state index is 0.00181. The van der Waals surface area contributed by atoms with E-state index in [1.165, 1.54) is 109 Å². The van der Waals surface area contributed by atoms with Gasteiger partial charge in [-0.05, 0) is 38.5 Å². The second-order valence-corrected chi connectivity index (χ2v) is 15.5. The highest BCUT2D eigenvalue weighted by molar-refractivity contribution is 7.52. The van der Waals surface area contributed by atoms with Crippen molar-refractivity contribution in [1.29, 1.82) is 0 Å². The number of carbonyl (C=O) groups excluding carboxylic acids is 2. The van der Waals surface area contributed by atoms with Gasteiger partial charge in [0.2, 0.25) is 0 Å². The van der Waals surface area contributed by atoms with Gasteiger partial charge >= 0.3 is 19.5 Å². The second kappa shape index (κ2) is 35.6. The molecule has 2 atom stereocenters. The van der Waals surface area contributed by atoms with E-state index < -0.39 is 19.7 Å². The molecule has 0 aliphatic rings. The third-order valence-corrected chi connectivity index (χ3v) is 10.1. The lowest BCUT2D eigenvalue weighted by Gasteiger charge is -2.20. The van der Waals surface area contributed by atoms with Crippen molar-refractivity contribution in [2.75, 3.05) is 25.9 Å². The summed E-state index contributed by atoms with van der Waals surface area (Å²) in [5.74, 6) is -0.772. The number of ether oxygens (including phenoxy) is 2. The Morgan fingerprint density at radius 2 is 1.00 bits per heavy atom. The number of carbonyl (C=O) groups is 2. The molecular formula is C39H76NO7P. The molecule has 284 valence electrons. The number of allylic oxidation sites excluding steroid dienone is 2. The van der Waals surface area contributed by atoms with E-state index >= 15 is 0 Å². The zero-order valence-corrected chi connectivity index (χ0v) is 32.2. The summed E-state index contributed by atoms with van der Waals surface area (Å²) in [6.45, 7) is 3.98. The van der Waals surface area contributed by atoms with Crippen LogP contribution >= 0.6 is 7.60 Å². The lowest BCUT2D eigenvalue weighted by Crippen LogP contribution is -2.29. The van der Waals surface area contributed by atoms with Gasteiger partial charge in [0.15, 0.2) is 6.10 Å². The van der Waals surface area contributed by atoms with Crippen LogP contribution in [-0.2, 0) is 28.2 Å². The van der Waals surface area contributed by atoms with Crippen molar-refractivity contribution >= 4 is 19.5 Å². The van der Waals surface area contributed by atoms with E-state index in [0.717, 1.165) is 51.4 Å². The molecule has 0 saturated heterocycles. The fourth-order valence-electron chi connectivity index (χ4n) is 5.67. The molecule has 0 aliphatic carbocycles. The van der Waals surface area contributed by atoms with Gasteiger partial charge in [-0.1, -0.05) is 154 Å². The Morgan fingerprint density at radius 1 is 0.604 bits per heavy atom. The van der Waals surface area contributed by atoms with E-state index in [4.69, 9.17) is 19.7 Å².